The van der Waals surface area contributed by atoms with Crippen LogP contribution in [0.4, 0.5) is 0 Å². The number of ether oxygens (including phenoxy) is 4. The number of hydrogen-bond donors (Lipinski definition) is 0. The Labute approximate surface area is 153 Å². The molecule has 4 heterocycles. The van der Waals surface area contributed by atoms with Crippen LogP contribution >= 0.6 is 0 Å². The van der Waals surface area contributed by atoms with Crippen molar-refractivity contribution in [3.05, 3.63) is 23.5 Å². The molecule has 0 aliphatic carbocycles. The van der Waals surface area contributed by atoms with Crippen molar-refractivity contribution in [1.82, 2.24) is 14.6 Å². The third-order valence-electron chi connectivity index (χ3n) is 4.96. The van der Waals surface area contributed by atoms with Gasteiger partial charge in [0.1, 0.15) is 6.61 Å². The summed E-state index contributed by atoms with van der Waals surface area (Å²) >= 11 is 0. The minimum atomic E-state index is -0.0867. The number of hydrogen-bond acceptors (Lipinski definition) is 6. The molecule has 2 saturated heterocycles. The Morgan fingerprint density at radius 1 is 1.12 bits per heavy atom. The summed E-state index contributed by atoms with van der Waals surface area (Å²) in [6.07, 6.45) is 5.18. The van der Waals surface area contributed by atoms with Crippen molar-refractivity contribution < 1.29 is 18.9 Å². The fraction of sp³-hybridized carbons (Fsp3) is 0.684. The van der Waals surface area contributed by atoms with E-state index in [2.05, 4.69) is 11.1 Å². The summed E-state index contributed by atoms with van der Waals surface area (Å²) in [4.78, 5) is 4.59. The third kappa shape index (κ3) is 4.16. The van der Waals surface area contributed by atoms with Gasteiger partial charge in [-0.1, -0.05) is 0 Å². The molecule has 2 fully saturated rings. The molecular weight excluding hydrogens is 334 g/mol. The summed E-state index contributed by atoms with van der Waals surface area (Å²) in [5.74, 6) is 1.14. The average Bonchev–Trinajstić information content (AvgIpc) is 3.11. The van der Waals surface area contributed by atoms with Crippen LogP contribution in [-0.2, 0) is 14.2 Å². The Morgan fingerprint density at radius 3 is 2.81 bits per heavy atom. The zero-order valence-corrected chi connectivity index (χ0v) is 15.4. The highest BCUT2D eigenvalue weighted by Crippen LogP contribution is 2.27. The second kappa shape index (κ2) is 8.33. The molecule has 0 saturated carbocycles. The van der Waals surface area contributed by atoms with Gasteiger partial charge in [-0.3, -0.25) is 0 Å². The maximum atomic E-state index is 5.95. The monoisotopic (exact) mass is 361 g/mol. The predicted molar refractivity (Wildman–Crippen MR) is 95.6 cm³/mol. The van der Waals surface area contributed by atoms with Gasteiger partial charge in [0.15, 0.2) is 11.9 Å². The Balaban J connectivity index is 1.41. The van der Waals surface area contributed by atoms with Crippen LogP contribution in [0.1, 0.15) is 49.4 Å². The van der Waals surface area contributed by atoms with E-state index in [-0.39, 0.29) is 6.29 Å². The van der Waals surface area contributed by atoms with Gasteiger partial charge in [-0.15, -0.1) is 0 Å². The van der Waals surface area contributed by atoms with Gasteiger partial charge in [0, 0.05) is 43.6 Å². The molecule has 0 radical (unpaired) electrons. The second-order valence-electron chi connectivity index (χ2n) is 6.98. The lowest BCUT2D eigenvalue weighted by Crippen LogP contribution is -2.24. The number of rotatable bonds is 6. The number of nitrogens with zero attached hydrogens (tertiary/aromatic N) is 3. The van der Waals surface area contributed by atoms with Gasteiger partial charge in [-0.2, -0.15) is 9.61 Å². The quantitative estimate of drug-likeness (QED) is 0.737. The molecule has 2 aliphatic rings. The molecule has 142 valence electrons. The molecule has 1 atom stereocenters. The first kappa shape index (κ1) is 17.7. The Bertz CT molecular complexity index is 721. The average molecular weight is 361 g/mol. The first-order valence-electron chi connectivity index (χ1n) is 9.61. The van der Waals surface area contributed by atoms with Gasteiger partial charge in [-0.05, 0) is 39.0 Å². The van der Waals surface area contributed by atoms with E-state index in [1.807, 2.05) is 13.0 Å². The highest BCUT2D eigenvalue weighted by atomic mass is 16.7. The number of aryl methyl sites for hydroxylation is 1. The van der Waals surface area contributed by atoms with Crippen molar-refractivity contribution in [3.63, 3.8) is 0 Å². The maximum Gasteiger partial charge on any atom is 0.218 e. The van der Waals surface area contributed by atoms with E-state index in [9.17, 15) is 0 Å². The van der Waals surface area contributed by atoms with Crippen molar-refractivity contribution >= 4 is 5.65 Å². The third-order valence-corrected chi connectivity index (χ3v) is 4.96. The van der Waals surface area contributed by atoms with Crippen LogP contribution in [0.3, 0.4) is 0 Å². The second-order valence-corrected chi connectivity index (χ2v) is 6.98. The standard InChI is InChI=1S/C19H27N3O4/c1-14-12-18(24-10-11-26-19-4-2-3-7-25-19)22-17(20-14)13-16(21-22)15-5-8-23-9-6-15/h12-13,15,19H,2-11H2,1H3/t19-/m1/s1. The lowest BCUT2D eigenvalue weighted by Gasteiger charge is -2.22. The van der Waals surface area contributed by atoms with Crippen molar-refractivity contribution in [2.24, 2.45) is 0 Å². The Morgan fingerprint density at radius 2 is 2.00 bits per heavy atom. The minimum Gasteiger partial charge on any atom is -0.475 e. The van der Waals surface area contributed by atoms with Crippen molar-refractivity contribution in [2.75, 3.05) is 33.0 Å². The van der Waals surface area contributed by atoms with Gasteiger partial charge in [0.2, 0.25) is 5.88 Å². The molecule has 4 rings (SSSR count). The zero-order valence-electron chi connectivity index (χ0n) is 15.4. The van der Waals surface area contributed by atoms with Crippen LogP contribution in [0.5, 0.6) is 5.88 Å². The van der Waals surface area contributed by atoms with E-state index in [0.29, 0.717) is 25.0 Å². The molecule has 0 N–H and O–H groups in total. The zero-order chi connectivity index (χ0) is 17.8. The van der Waals surface area contributed by atoms with E-state index >= 15 is 0 Å². The Hall–Kier alpha value is -1.70. The highest BCUT2D eigenvalue weighted by Gasteiger charge is 2.20. The van der Waals surface area contributed by atoms with Gasteiger partial charge in [0.05, 0.1) is 12.3 Å². The molecule has 2 aromatic heterocycles. The van der Waals surface area contributed by atoms with E-state index < -0.39 is 0 Å². The summed E-state index contributed by atoms with van der Waals surface area (Å²) in [5.41, 5.74) is 2.82. The van der Waals surface area contributed by atoms with Crippen LogP contribution < -0.4 is 4.74 Å². The van der Waals surface area contributed by atoms with Crippen LogP contribution in [0.2, 0.25) is 0 Å². The molecule has 0 amide bonds. The maximum absolute atomic E-state index is 5.95. The molecule has 0 unspecified atom stereocenters. The fourth-order valence-corrected chi connectivity index (χ4v) is 3.55. The van der Waals surface area contributed by atoms with Crippen LogP contribution in [0.25, 0.3) is 5.65 Å². The highest BCUT2D eigenvalue weighted by molar-refractivity contribution is 5.44. The predicted octanol–water partition coefficient (Wildman–Crippen LogP) is 2.85. The lowest BCUT2D eigenvalue weighted by molar-refractivity contribution is -0.165. The number of aromatic nitrogens is 3. The number of fused-ring (bicyclic) bond motifs is 1. The molecule has 0 aromatic carbocycles. The molecule has 7 nitrogen and oxygen atoms in total. The van der Waals surface area contributed by atoms with Gasteiger partial charge in [-0.25, -0.2) is 4.98 Å². The van der Waals surface area contributed by atoms with E-state index in [0.717, 1.165) is 69.0 Å². The summed E-state index contributed by atoms with van der Waals surface area (Å²) in [5, 5.41) is 4.75. The molecule has 2 aromatic rings. The first-order chi connectivity index (χ1) is 12.8. The topological polar surface area (TPSA) is 67.1 Å². The van der Waals surface area contributed by atoms with Crippen molar-refractivity contribution in [1.29, 1.82) is 0 Å². The van der Waals surface area contributed by atoms with E-state index in [1.54, 1.807) is 4.52 Å². The molecule has 0 spiro atoms. The van der Waals surface area contributed by atoms with Gasteiger partial charge >= 0.3 is 0 Å². The Kier molecular flexibility index (Phi) is 5.67. The van der Waals surface area contributed by atoms with Gasteiger partial charge < -0.3 is 18.9 Å². The van der Waals surface area contributed by atoms with Crippen LogP contribution in [0, 0.1) is 6.92 Å². The largest absolute Gasteiger partial charge is 0.475 e. The molecule has 26 heavy (non-hydrogen) atoms. The fourth-order valence-electron chi connectivity index (χ4n) is 3.55. The van der Waals surface area contributed by atoms with Crippen molar-refractivity contribution in [2.45, 2.75) is 51.2 Å². The normalized spacial score (nSPS) is 22.0. The van der Waals surface area contributed by atoms with Crippen molar-refractivity contribution in [3.8, 4) is 5.88 Å². The van der Waals surface area contributed by atoms with E-state index in [4.69, 9.17) is 24.0 Å². The first-order valence-corrected chi connectivity index (χ1v) is 9.61. The van der Waals surface area contributed by atoms with E-state index in [1.165, 1.54) is 0 Å². The molecule has 2 aliphatic heterocycles. The molecule has 7 heteroatoms. The lowest BCUT2D eigenvalue weighted by atomic mass is 9.97. The van der Waals surface area contributed by atoms with Gasteiger partial charge in [0.25, 0.3) is 0 Å². The summed E-state index contributed by atoms with van der Waals surface area (Å²) in [6.45, 7) is 5.33. The van der Waals surface area contributed by atoms with Crippen LogP contribution in [0.15, 0.2) is 12.1 Å². The summed E-state index contributed by atoms with van der Waals surface area (Å²) in [7, 11) is 0. The minimum absolute atomic E-state index is 0.0867. The molecular formula is C19H27N3O4. The molecule has 0 bridgehead atoms. The summed E-state index contributed by atoms with van der Waals surface area (Å²) in [6, 6.07) is 3.99. The SMILES string of the molecule is Cc1cc(OCCO[C@@H]2CCCCO2)n2nc(C3CCOCC3)cc2n1. The summed E-state index contributed by atoms with van der Waals surface area (Å²) < 4.78 is 24.5. The smallest absolute Gasteiger partial charge is 0.218 e. The van der Waals surface area contributed by atoms with Crippen LogP contribution in [-0.4, -0.2) is 53.9 Å².